The summed E-state index contributed by atoms with van der Waals surface area (Å²) in [5.41, 5.74) is 15.4. The van der Waals surface area contributed by atoms with Crippen LogP contribution in [0.25, 0.3) is 104 Å². The van der Waals surface area contributed by atoms with Gasteiger partial charge in [-0.2, -0.15) is 0 Å². The molecule has 0 radical (unpaired) electrons. The first-order chi connectivity index (χ1) is 31.5. The van der Waals surface area contributed by atoms with Gasteiger partial charge in [0.05, 0.1) is 28.1 Å². The number of para-hydroxylation sites is 3. The summed E-state index contributed by atoms with van der Waals surface area (Å²) in [5, 5.41) is 9.84. The van der Waals surface area contributed by atoms with Gasteiger partial charge in [0.1, 0.15) is 11.2 Å². The van der Waals surface area contributed by atoms with Gasteiger partial charge in [0.2, 0.25) is 0 Å². The monoisotopic (exact) mass is 827 g/mol. The summed E-state index contributed by atoms with van der Waals surface area (Å²) in [4.78, 5) is 0. The van der Waals surface area contributed by atoms with E-state index in [-0.39, 0.29) is 6.04 Å². The molecule has 1 atom stereocenters. The molecule has 0 saturated heterocycles. The van der Waals surface area contributed by atoms with Gasteiger partial charge < -0.3 is 18.1 Å². The van der Waals surface area contributed by atoms with Crippen molar-refractivity contribution in [3.63, 3.8) is 0 Å². The smallest absolute Gasteiger partial charge is 0.135 e. The molecular formula is C60H49N3O. The number of nitrogens with zero attached hydrogens (tertiary/aromatic N) is 3. The Bertz CT molecular complexity index is 3840. The molecule has 0 saturated carbocycles. The molecule has 4 aromatic heterocycles. The molecule has 0 fully saturated rings. The van der Waals surface area contributed by atoms with Gasteiger partial charge in [-0.1, -0.05) is 171 Å². The largest absolute Gasteiger partial charge is 0.456 e. The Labute approximate surface area is 372 Å². The van der Waals surface area contributed by atoms with Gasteiger partial charge in [0.25, 0.3) is 0 Å². The molecule has 0 aliphatic carbocycles. The number of benzene rings is 9. The first-order valence-electron chi connectivity index (χ1n) is 22.5. The summed E-state index contributed by atoms with van der Waals surface area (Å²) in [6.07, 6.45) is 0. The highest BCUT2D eigenvalue weighted by Gasteiger charge is 2.26. The number of hydrogen-bond acceptors (Lipinski definition) is 1. The van der Waals surface area contributed by atoms with Crippen LogP contribution < -0.4 is 0 Å². The van der Waals surface area contributed by atoms with Crippen LogP contribution in [0, 0.1) is 6.92 Å². The molecule has 0 amide bonds. The van der Waals surface area contributed by atoms with Crippen molar-refractivity contribution in [2.75, 3.05) is 0 Å². The van der Waals surface area contributed by atoms with Crippen molar-refractivity contribution in [1.82, 2.24) is 13.7 Å². The van der Waals surface area contributed by atoms with Gasteiger partial charge in [-0.15, -0.1) is 0 Å². The van der Waals surface area contributed by atoms with Crippen molar-refractivity contribution in [2.45, 2.75) is 33.7 Å². The van der Waals surface area contributed by atoms with E-state index in [9.17, 15) is 0 Å². The predicted molar refractivity (Wildman–Crippen MR) is 273 cm³/mol. The van der Waals surface area contributed by atoms with Gasteiger partial charge in [-0.25, -0.2) is 0 Å². The van der Waals surface area contributed by atoms with Crippen molar-refractivity contribution < 1.29 is 4.42 Å². The van der Waals surface area contributed by atoms with Crippen LogP contribution in [0.15, 0.2) is 205 Å². The molecule has 1 unspecified atom stereocenters. The summed E-state index contributed by atoms with van der Waals surface area (Å²) < 4.78 is 13.8. The second kappa shape index (κ2) is 15.8. The van der Waals surface area contributed by atoms with Crippen molar-refractivity contribution in [2.24, 2.45) is 7.05 Å². The first-order valence-corrected chi connectivity index (χ1v) is 22.5. The fraction of sp³-hybridized carbons (Fsp3) is 0.100. The molecule has 0 spiro atoms. The third-order valence-corrected chi connectivity index (χ3v) is 13.1. The Balaban J connectivity index is 0.000000461. The molecule has 13 aromatic rings. The Morgan fingerprint density at radius 1 is 0.438 bits per heavy atom. The molecule has 64 heavy (non-hydrogen) atoms. The standard InChI is InChI=1S/C51H35N3O.C7H8.C2H6/c1-31(34-16-6-7-17-35(34)32-14-4-3-5-15-32)53-43-22-12-9-19-37(43)40-26-28-45-49(51(40)53)48-44(27-25-39-36-18-8-11-21-42(36)52(2)50(39)48)54(45)33-24-29-47-41(30-33)38-20-10-13-23-46(38)55-47;1-7-5-3-2-4-6-7;1-2/h3-31H,1-2H3;2-6H,1H3;1-2H3. The maximum atomic E-state index is 6.31. The number of fused-ring (bicyclic) bond motifs is 14. The van der Waals surface area contributed by atoms with Gasteiger partial charge >= 0.3 is 0 Å². The lowest BCUT2D eigenvalue weighted by molar-refractivity contribution is 0.669. The van der Waals surface area contributed by atoms with E-state index in [1.807, 2.05) is 38.1 Å². The zero-order valence-corrected chi connectivity index (χ0v) is 36.9. The van der Waals surface area contributed by atoms with Gasteiger partial charge in [0, 0.05) is 66.9 Å². The average Bonchev–Trinajstić information content (AvgIpc) is 4.09. The maximum absolute atomic E-state index is 6.31. The number of rotatable bonds is 4. The molecule has 9 aromatic carbocycles. The topological polar surface area (TPSA) is 27.9 Å². The zero-order chi connectivity index (χ0) is 43.5. The van der Waals surface area contributed by atoms with Crippen LogP contribution in [0.5, 0.6) is 0 Å². The van der Waals surface area contributed by atoms with Crippen LogP contribution in [0.3, 0.4) is 0 Å². The van der Waals surface area contributed by atoms with E-state index in [0.29, 0.717) is 0 Å². The Morgan fingerprint density at radius 2 is 0.984 bits per heavy atom. The number of furan rings is 1. The van der Waals surface area contributed by atoms with Gasteiger partial charge in [-0.3, -0.25) is 0 Å². The van der Waals surface area contributed by atoms with Crippen molar-refractivity contribution in [3.05, 3.63) is 211 Å². The first kappa shape index (κ1) is 39.1. The highest BCUT2D eigenvalue weighted by molar-refractivity contribution is 6.32. The second-order valence-corrected chi connectivity index (χ2v) is 16.6. The van der Waals surface area contributed by atoms with Gasteiger partial charge in [-0.05, 0) is 79.1 Å². The van der Waals surface area contributed by atoms with E-state index < -0.39 is 0 Å². The van der Waals surface area contributed by atoms with E-state index >= 15 is 0 Å². The Kier molecular flexibility index (Phi) is 9.66. The molecule has 0 aliphatic heterocycles. The molecule has 310 valence electrons. The molecule has 4 heterocycles. The van der Waals surface area contributed by atoms with E-state index in [2.05, 4.69) is 211 Å². The van der Waals surface area contributed by atoms with E-state index in [1.165, 1.54) is 87.7 Å². The normalized spacial score (nSPS) is 12.1. The van der Waals surface area contributed by atoms with Crippen LogP contribution in [0.4, 0.5) is 0 Å². The van der Waals surface area contributed by atoms with Crippen LogP contribution in [0.1, 0.15) is 37.9 Å². The predicted octanol–water partition coefficient (Wildman–Crippen LogP) is 16.7. The van der Waals surface area contributed by atoms with E-state index in [4.69, 9.17) is 4.42 Å². The third-order valence-electron chi connectivity index (χ3n) is 13.1. The minimum absolute atomic E-state index is 0.0307. The minimum Gasteiger partial charge on any atom is -0.456 e. The molecule has 4 heteroatoms. The lowest BCUT2D eigenvalue weighted by Gasteiger charge is -2.21. The highest BCUT2D eigenvalue weighted by atomic mass is 16.3. The molecule has 4 nitrogen and oxygen atoms in total. The number of aryl methyl sites for hydroxylation is 2. The molecule has 0 aliphatic rings. The summed E-state index contributed by atoms with van der Waals surface area (Å²) >= 11 is 0. The molecular weight excluding hydrogens is 779 g/mol. The quantitative estimate of drug-likeness (QED) is 0.174. The van der Waals surface area contributed by atoms with Crippen LogP contribution >= 0.6 is 0 Å². The number of aromatic nitrogens is 3. The summed E-state index contributed by atoms with van der Waals surface area (Å²) in [6.45, 7) is 8.45. The average molecular weight is 828 g/mol. The highest BCUT2D eigenvalue weighted by Crippen LogP contribution is 2.47. The SMILES string of the molecule is CC.CC(c1ccccc1-c1ccccc1)n1c2ccccc2c2ccc3c(c4c5c(ccc4n3-c3ccc4oc6ccccc6c4c3)c3ccccc3n5C)c21.Cc1ccccc1. The molecule has 0 bridgehead atoms. The number of hydrogen-bond donors (Lipinski definition) is 0. The fourth-order valence-electron chi connectivity index (χ4n) is 10.3. The second-order valence-electron chi connectivity index (χ2n) is 16.6. The van der Waals surface area contributed by atoms with Crippen molar-refractivity contribution >= 4 is 87.4 Å². The van der Waals surface area contributed by atoms with Crippen LogP contribution in [-0.2, 0) is 7.05 Å². The minimum atomic E-state index is 0.0307. The summed E-state index contributed by atoms with van der Waals surface area (Å²) in [7, 11) is 2.23. The zero-order valence-electron chi connectivity index (χ0n) is 36.9. The third kappa shape index (κ3) is 6.05. The lowest BCUT2D eigenvalue weighted by atomic mass is 9.95. The Hall–Kier alpha value is -7.82. The van der Waals surface area contributed by atoms with E-state index in [1.54, 1.807) is 0 Å². The van der Waals surface area contributed by atoms with Crippen molar-refractivity contribution in [1.29, 1.82) is 0 Å². The summed E-state index contributed by atoms with van der Waals surface area (Å²) in [6, 6.07) is 72.1. The lowest BCUT2D eigenvalue weighted by Crippen LogP contribution is -2.08. The van der Waals surface area contributed by atoms with Crippen LogP contribution in [0.2, 0.25) is 0 Å². The van der Waals surface area contributed by atoms with Gasteiger partial charge in [0.15, 0.2) is 0 Å². The molecule has 13 rings (SSSR count). The maximum Gasteiger partial charge on any atom is 0.135 e. The fourth-order valence-corrected chi connectivity index (χ4v) is 10.3. The molecule has 0 N–H and O–H groups in total. The van der Waals surface area contributed by atoms with E-state index in [0.717, 1.165) is 27.6 Å². The Morgan fingerprint density at radius 3 is 1.69 bits per heavy atom. The van der Waals surface area contributed by atoms with Crippen LogP contribution in [-0.4, -0.2) is 13.7 Å². The summed E-state index contributed by atoms with van der Waals surface area (Å²) in [5.74, 6) is 0. The van der Waals surface area contributed by atoms with Crippen molar-refractivity contribution in [3.8, 4) is 16.8 Å².